The Labute approximate surface area is 149 Å². The van der Waals surface area contributed by atoms with E-state index in [9.17, 15) is 22.4 Å². The topological polar surface area (TPSA) is 110 Å². The van der Waals surface area contributed by atoms with Crippen molar-refractivity contribution in [2.24, 2.45) is 0 Å². The first-order chi connectivity index (χ1) is 12.8. The zero-order chi connectivity index (χ0) is 19.6. The number of aromatic amines is 2. The van der Waals surface area contributed by atoms with Crippen molar-refractivity contribution in [2.75, 3.05) is 12.4 Å². The van der Waals surface area contributed by atoms with E-state index in [1.165, 1.54) is 19.6 Å². The van der Waals surface area contributed by atoms with Crippen molar-refractivity contribution in [1.82, 2.24) is 25.3 Å². The molecule has 8 nitrogen and oxygen atoms in total. The van der Waals surface area contributed by atoms with Gasteiger partial charge in [0.15, 0.2) is 17.5 Å². The van der Waals surface area contributed by atoms with Crippen LogP contribution in [0.15, 0.2) is 24.9 Å². The number of rotatable bonds is 5. The Hall–Kier alpha value is -3.31. The number of H-pyrrole nitrogens is 2. The van der Waals surface area contributed by atoms with Crippen LogP contribution in [0.4, 0.5) is 23.4 Å². The van der Waals surface area contributed by atoms with Gasteiger partial charge in [0, 0.05) is 13.2 Å². The molecule has 0 spiro atoms. The summed E-state index contributed by atoms with van der Waals surface area (Å²) in [5.74, 6) is -2.40. The lowest BCUT2D eigenvalue weighted by molar-refractivity contribution is -0.380. The average Bonchev–Trinajstić information content (AvgIpc) is 3.05. The predicted octanol–water partition coefficient (Wildman–Crippen LogP) is 1.45. The number of anilines is 1. The van der Waals surface area contributed by atoms with E-state index >= 15 is 0 Å². The molecule has 1 atom stereocenters. The van der Waals surface area contributed by atoms with Crippen LogP contribution in [0.3, 0.4) is 0 Å². The van der Waals surface area contributed by atoms with E-state index in [1.54, 1.807) is 6.20 Å². The minimum absolute atomic E-state index is 0.0502. The number of amides is 1. The predicted molar refractivity (Wildman–Crippen MR) is 85.8 cm³/mol. The minimum atomic E-state index is -4.63. The van der Waals surface area contributed by atoms with Gasteiger partial charge in [0.05, 0.1) is 23.6 Å². The molecule has 0 fully saturated rings. The number of carbonyl (C=O) groups excluding carboxylic acids is 1. The molecule has 0 saturated heterocycles. The first-order valence-corrected chi connectivity index (χ1v) is 7.69. The molecule has 0 aromatic carbocycles. The van der Waals surface area contributed by atoms with Crippen LogP contribution in [0.2, 0.25) is 0 Å². The Morgan fingerprint density at radius 3 is 2.85 bits per heavy atom. The van der Waals surface area contributed by atoms with Gasteiger partial charge in [-0.05, 0) is 4.98 Å². The monoisotopic (exact) mass is 384 g/mol. The number of nitrogens with zero attached hydrogens (tertiary/aromatic N) is 3. The lowest BCUT2D eigenvalue weighted by atomic mass is 10.2. The lowest BCUT2D eigenvalue weighted by Gasteiger charge is -2.19. The molecule has 3 aromatic rings. The normalized spacial score (nSPS) is 12.8. The summed E-state index contributed by atoms with van der Waals surface area (Å²) in [4.78, 5) is 29.3. The Bertz CT molecular complexity index is 972. The van der Waals surface area contributed by atoms with Crippen LogP contribution in [-0.2, 0) is 4.79 Å². The molecule has 1 unspecified atom stereocenters. The average molecular weight is 384 g/mol. The fraction of sp³-hybridized carbons (Fsp3) is 0.267. The minimum Gasteiger partial charge on any atom is -0.357 e. The molecule has 0 bridgehead atoms. The van der Waals surface area contributed by atoms with E-state index in [1.807, 2.05) is 0 Å². The van der Waals surface area contributed by atoms with Gasteiger partial charge in [-0.15, -0.1) is 0 Å². The maximum absolute atomic E-state index is 14.1. The second-order valence-corrected chi connectivity index (χ2v) is 5.55. The van der Waals surface area contributed by atoms with E-state index in [2.05, 4.69) is 35.6 Å². The van der Waals surface area contributed by atoms with Crippen LogP contribution >= 0.6 is 0 Å². The van der Waals surface area contributed by atoms with Gasteiger partial charge in [-0.2, -0.15) is 13.2 Å². The highest BCUT2D eigenvalue weighted by molar-refractivity contribution is 5.90. The van der Waals surface area contributed by atoms with E-state index in [0.717, 1.165) is 6.20 Å². The molecule has 0 radical (unpaired) electrons. The number of likely N-dealkylation sites (N-methyl/N-ethyl adjacent to an activating group) is 1. The van der Waals surface area contributed by atoms with Crippen LogP contribution in [0.5, 0.6) is 0 Å². The summed E-state index contributed by atoms with van der Waals surface area (Å²) in [6.45, 7) is 0. The highest BCUT2D eigenvalue weighted by Gasteiger charge is 2.35. The van der Waals surface area contributed by atoms with Crippen molar-refractivity contribution in [3.05, 3.63) is 30.7 Å². The molecule has 12 heteroatoms. The Balaban J connectivity index is 1.96. The smallest absolute Gasteiger partial charge is 0.357 e. The summed E-state index contributed by atoms with van der Waals surface area (Å²) in [7, 11) is 1.19. The summed E-state index contributed by atoms with van der Waals surface area (Å²) in [6, 6.07) is -1.75. The van der Waals surface area contributed by atoms with Crippen molar-refractivity contribution in [1.29, 1.82) is 0 Å². The third-order valence-electron chi connectivity index (χ3n) is 3.69. The van der Waals surface area contributed by atoms with Gasteiger partial charge in [0.25, 0.3) is 12.0 Å². The fourth-order valence-corrected chi connectivity index (χ4v) is 2.46. The number of alkyl halides is 3. The Kier molecular flexibility index (Phi) is 4.88. The number of nitrogens with one attached hydrogen (secondary N) is 4. The Morgan fingerprint density at radius 2 is 2.15 bits per heavy atom. The third-order valence-corrected chi connectivity index (χ3v) is 3.69. The largest absolute Gasteiger partial charge is 0.391 e. The maximum atomic E-state index is 14.1. The molecule has 0 aliphatic carbocycles. The van der Waals surface area contributed by atoms with Crippen LogP contribution in [0, 0.1) is 5.82 Å². The first kappa shape index (κ1) is 18.5. The van der Waals surface area contributed by atoms with Gasteiger partial charge < -0.3 is 15.6 Å². The van der Waals surface area contributed by atoms with Gasteiger partial charge >= 0.3 is 6.18 Å². The van der Waals surface area contributed by atoms with E-state index in [-0.39, 0.29) is 5.82 Å². The van der Waals surface area contributed by atoms with Crippen molar-refractivity contribution in [3.8, 4) is 11.4 Å². The summed E-state index contributed by atoms with van der Waals surface area (Å²) >= 11 is 0. The number of fused-ring (bicyclic) bond motifs is 1. The zero-order valence-corrected chi connectivity index (χ0v) is 13.9. The molecule has 1 amide bonds. The molecule has 3 rings (SSSR count). The van der Waals surface area contributed by atoms with E-state index in [4.69, 9.17) is 0 Å². The highest BCUT2D eigenvalue weighted by Crippen LogP contribution is 2.27. The van der Waals surface area contributed by atoms with E-state index in [0.29, 0.717) is 16.6 Å². The number of carbonyl (C=O) groups is 1. The third kappa shape index (κ3) is 4.10. The second kappa shape index (κ2) is 7.13. The van der Waals surface area contributed by atoms with Crippen molar-refractivity contribution in [2.45, 2.75) is 18.6 Å². The summed E-state index contributed by atoms with van der Waals surface area (Å²) in [5, 5.41) is 4.93. The van der Waals surface area contributed by atoms with Gasteiger partial charge in [-0.1, -0.05) is 0 Å². The summed E-state index contributed by atoms with van der Waals surface area (Å²) in [6.07, 6.45) is -0.698. The molecule has 0 saturated carbocycles. The van der Waals surface area contributed by atoms with E-state index < -0.39 is 36.2 Å². The maximum Gasteiger partial charge on any atom is 0.391 e. The standard InChI is InChI=1S/C15H13F4N7O/c1-20-14(27)10(2-15(17,18)19)25-13-9(16)5-23-12(26-13)8-4-22-11-7(8)3-21-6-24-11/h3-6,10H,2H2,1H3,(H,20,27)(H,21,22,24)(H,23,25,26)/p+1. The van der Waals surface area contributed by atoms with Crippen LogP contribution in [-0.4, -0.2) is 45.1 Å². The number of halogens is 4. The molecule has 142 valence electrons. The molecule has 3 aromatic heterocycles. The van der Waals surface area contributed by atoms with Crippen LogP contribution in [0.25, 0.3) is 22.4 Å². The second-order valence-electron chi connectivity index (χ2n) is 5.55. The SMILES string of the molecule is CNC(=O)C(CC(F)(F)F)Nc1nc(-c2c[nH]c3nc[nH+]cc23)ncc1F. The fourth-order valence-electron chi connectivity index (χ4n) is 2.46. The van der Waals surface area contributed by atoms with Gasteiger partial charge in [0.2, 0.25) is 5.91 Å². The van der Waals surface area contributed by atoms with Crippen molar-refractivity contribution in [3.63, 3.8) is 0 Å². The Morgan fingerprint density at radius 1 is 1.37 bits per heavy atom. The summed E-state index contributed by atoms with van der Waals surface area (Å²) < 4.78 is 52.2. The van der Waals surface area contributed by atoms with Gasteiger partial charge in [-0.25, -0.2) is 19.3 Å². The molecule has 4 N–H and O–H groups in total. The molecular weight excluding hydrogens is 370 g/mol. The molecular formula is C15H14F4N7O+. The molecule has 0 aliphatic rings. The van der Waals surface area contributed by atoms with Crippen LogP contribution < -0.4 is 15.6 Å². The first-order valence-electron chi connectivity index (χ1n) is 7.69. The summed E-state index contributed by atoms with van der Waals surface area (Å²) in [5.41, 5.74) is 0.983. The lowest BCUT2D eigenvalue weighted by Crippen LogP contribution is -2.41. The highest BCUT2D eigenvalue weighted by atomic mass is 19.4. The number of hydrogen-bond donors (Lipinski definition) is 3. The molecule has 3 heterocycles. The zero-order valence-electron chi connectivity index (χ0n) is 13.9. The number of aromatic nitrogens is 5. The van der Waals surface area contributed by atoms with Gasteiger partial charge in [-0.3, -0.25) is 4.79 Å². The van der Waals surface area contributed by atoms with Crippen molar-refractivity contribution >= 4 is 22.8 Å². The molecule has 0 aliphatic heterocycles. The van der Waals surface area contributed by atoms with Gasteiger partial charge in [0.1, 0.15) is 12.2 Å². The van der Waals surface area contributed by atoms with Crippen LogP contribution in [0.1, 0.15) is 6.42 Å². The number of hydrogen-bond acceptors (Lipinski definition) is 5. The quantitative estimate of drug-likeness (QED) is 0.577. The van der Waals surface area contributed by atoms with Crippen molar-refractivity contribution < 1.29 is 27.3 Å². The molecule has 27 heavy (non-hydrogen) atoms.